The molecule has 1 aliphatic carbocycles. The van der Waals surface area contributed by atoms with Gasteiger partial charge in [0.25, 0.3) is 0 Å². The van der Waals surface area contributed by atoms with Crippen molar-refractivity contribution < 1.29 is 5.11 Å². The van der Waals surface area contributed by atoms with E-state index in [2.05, 4.69) is 10.3 Å². The van der Waals surface area contributed by atoms with Gasteiger partial charge in [-0.05, 0) is 25.0 Å². The first-order chi connectivity index (χ1) is 8.65. The van der Waals surface area contributed by atoms with Gasteiger partial charge < -0.3 is 16.2 Å². The SMILES string of the molecule is NC(=NCC(O)c1ccc(Cl)s1)NC1CCCC1. The summed E-state index contributed by atoms with van der Waals surface area (Å²) in [5, 5.41) is 13.1. The van der Waals surface area contributed by atoms with Crippen molar-refractivity contribution in [3.63, 3.8) is 0 Å². The molecule has 2 rings (SSSR count). The second-order valence-electron chi connectivity index (χ2n) is 4.51. The van der Waals surface area contributed by atoms with E-state index in [0.717, 1.165) is 17.7 Å². The molecule has 1 aromatic heterocycles. The molecule has 4 nitrogen and oxygen atoms in total. The molecule has 4 N–H and O–H groups in total. The standard InChI is InChI=1S/C12H18ClN3OS/c13-11-6-5-10(18-11)9(17)7-15-12(14)16-8-3-1-2-4-8/h5-6,8-9,17H,1-4,7H2,(H3,14,15,16). The number of aliphatic hydroxyl groups is 1. The Morgan fingerprint density at radius 3 is 2.89 bits per heavy atom. The summed E-state index contributed by atoms with van der Waals surface area (Å²) in [6.45, 7) is 0.266. The van der Waals surface area contributed by atoms with Crippen LogP contribution in [0.2, 0.25) is 4.34 Å². The molecule has 100 valence electrons. The van der Waals surface area contributed by atoms with Crippen LogP contribution >= 0.6 is 22.9 Å². The third-order valence-corrected chi connectivity index (χ3v) is 4.40. The van der Waals surface area contributed by atoms with Crippen LogP contribution in [0.1, 0.15) is 36.7 Å². The number of hydrogen-bond donors (Lipinski definition) is 3. The summed E-state index contributed by atoms with van der Waals surface area (Å²) in [7, 11) is 0. The van der Waals surface area contributed by atoms with E-state index in [1.54, 1.807) is 6.07 Å². The fourth-order valence-electron chi connectivity index (χ4n) is 2.11. The summed E-state index contributed by atoms with van der Waals surface area (Å²) in [5.41, 5.74) is 5.79. The highest BCUT2D eigenvalue weighted by Crippen LogP contribution is 2.26. The molecule has 1 aliphatic rings. The maximum Gasteiger partial charge on any atom is 0.188 e. The van der Waals surface area contributed by atoms with Crippen molar-refractivity contribution in [2.75, 3.05) is 6.54 Å². The van der Waals surface area contributed by atoms with Gasteiger partial charge in [0.05, 0.1) is 10.9 Å². The number of aliphatic imine (C=N–C) groups is 1. The molecular weight excluding hydrogens is 270 g/mol. The van der Waals surface area contributed by atoms with Crippen molar-refractivity contribution in [2.45, 2.75) is 37.8 Å². The number of guanidine groups is 1. The van der Waals surface area contributed by atoms with E-state index in [9.17, 15) is 5.11 Å². The molecule has 0 aromatic carbocycles. The molecule has 0 spiro atoms. The van der Waals surface area contributed by atoms with Gasteiger partial charge in [0.1, 0.15) is 6.10 Å². The van der Waals surface area contributed by atoms with Crippen molar-refractivity contribution in [3.05, 3.63) is 21.3 Å². The average molecular weight is 288 g/mol. The van der Waals surface area contributed by atoms with Gasteiger partial charge in [-0.3, -0.25) is 4.99 Å². The highest BCUT2D eigenvalue weighted by atomic mass is 35.5. The smallest absolute Gasteiger partial charge is 0.188 e. The molecule has 1 heterocycles. The number of aliphatic hydroxyl groups excluding tert-OH is 1. The molecule has 0 amide bonds. The maximum atomic E-state index is 9.90. The van der Waals surface area contributed by atoms with Gasteiger partial charge in [-0.15, -0.1) is 11.3 Å². The molecule has 1 atom stereocenters. The average Bonchev–Trinajstić information content (AvgIpc) is 2.97. The van der Waals surface area contributed by atoms with Gasteiger partial charge in [0, 0.05) is 10.9 Å². The number of hydrogen-bond acceptors (Lipinski definition) is 3. The van der Waals surface area contributed by atoms with E-state index in [0.29, 0.717) is 16.3 Å². The maximum absolute atomic E-state index is 9.90. The van der Waals surface area contributed by atoms with E-state index in [-0.39, 0.29) is 6.54 Å². The molecule has 6 heteroatoms. The lowest BCUT2D eigenvalue weighted by Crippen LogP contribution is -2.38. The lowest BCUT2D eigenvalue weighted by atomic mass is 10.2. The number of nitrogens with one attached hydrogen (secondary N) is 1. The van der Waals surface area contributed by atoms with Crippen LogP contribution in [-0.2, 0) is 0 Å². The lowest BCUT2D eigenvalue weighted by molar-refractivity contribution is 0.191. The normalized spacial score (nSPS) is 19.1. The Morgan fingerprint density at radius 1 is 1.56 bits per heavy atom. The van der Waals surface area contributed by atoms with E-state index in [4.69, 9.17) is 17.3 Å². The summed E-state index contributed by atoms with van der Waals surface area (Å²) >= 11 is 7.18. The molecule has 1 saturated carbocycles. The number of rotatable bonds is 4. The third kappa shape index (κ3) is 3.86. The quantitative estimate of drug-likeness (QED) is 0.588. The predicted molar refractivity (Wildman–Crippen MR) is 76.2 cm³/mol. The molecular formula is C12H18ClN3OS. The Kier molecular flexibility index (Phi) is 4.86. The van der Waals surface area contributed by atoms with Gasteiger partial charge in [-0.25, -0.2) is 0 Å². The summed E-state index contributed by atoms with van der Waals surface area (Å²) in [4.78, 5) is 4.99. The molecule has 0 saturated heterocycles. The number of nitrogens with two attached hydrogens (primary N) is 1. The Bertz CT molecular complexity index is 415. The largest absolute Gasteiger partial charge is 0.386 e. The minimum atomic E-state index is -0.633. The Morgan fingerprint density at radius 2 is 2.28 bits per heavy atom. The van der Waals surface area contributed by atoms with Crippen LogP contribution in [0.3, 0.4) is 0 Å². The summed E-state index contributed by atoms with van der Waals surface area (Å²) in [5.74, 6) is 0.420. The zero-order valence-electron chi connectivity index (χ0n) is 10.1. The van der Waals surface area contributed by atoms with Crippen LogP contribution < -0.4 is 11.1 Å². The molecule has 0 aliphatic heterocycles. The van der Waals surface area contributed by atoms with E-state index in [1.165, 1.54) is 24.2 Å². The van der Waals surface area contributed by atoms with Crippen molar-refractivity contribution in [1.29, 1.82) is 0 Å². The second kappa shape index (κ2) is 6.41. The topological polar surface area (TPSA) is 70.6 Å². The minimum absolute atomic E-state index is 0.266. The lowest BCUT2D eigenvalue weighted by Gasteiger charge is -2.13. The Balaban J connectivity index is 1.81. The zero-order chi connectivity index (χ0) is 13.0. The Hall–Kier alpha value is -0.780. The minimum Gasteiger partial charge on any atom is -0.386 e. The summed E-state index contributed by atoms with van der Waals surface area (Å²) in [6.07, 6.45) is 4.17. The van der Waals surface area contributed by atoms with Crippen molar-refractivity contribution in [2.24, 2.45) is 10.7 Å². The van der Waals surface area contributed by atoms with Crippen LogP contribution in [0.25, 0.3) is 0 Å². The number of halogens is 1. The fraction of sp³-hybridized carbons (Fsp3) is 0.583. The van der Waals surface area contributed by atoms with Crippen molar-refractivity contribution >= 4 is 28.9 Å². The van der Waals surface area contributed by atoms with Crippen LogP contribution in [0.4, 0.5) is 0 Å². The molecule has 0 radical (unpaired) electrons. The highest BCUT2D eigenvalue weighted by molar-refractivity contribution is 7.16. The fourth-order valence-corrected chi connectivity index (χ4v) is 3.15. The molecule has 18 heavy (non-hydrogen) atoms. The van der Waals surface area contributed by atoms with Crippen LogP contribution in [0, 0.1) is 0 Å². The summed E-state index contributed by atoms with van der Waals surface area (Å²) < 4.78 is 0.671. The first-order valence-electron chi connectivity index (χ1n) is 6.15. The van der Waals surface area contributed by atoms with Gasteiger partial charge in [0.15, 0.2) is 5.96 Å². The van der Waals surface area contributed by atoms with Gasteiger partial charge >= 0.3 is 0 Å². The number of thiophene rings is 1. The van der Waals surface area contributed by atoms with Gasteiger partial charge in [-0.1, -0.05) is 24.4 Å². The monoisotopic (exact) mass is 287 g/mol. The molecule has 1 fully saturated rings. The first-order valence-corrected chi connectivity index (χ1v) is 7.34. The van der Waals surface area contributed by atoms with Crippen molar-refractivity contribution in [1.82, 2.24) is 5.32 Å². The van der Waals surface area contributed by atoms with E-state index in [1.807, 2.05) is 6.07 Å². The van der Waals surface area contributed by atoms with Crippen LogP contribution in [0.15, 0.2) is 17.1 Å². The third-order valence-electron chi connectivity index (χ3n) is 3.06. The van der Waals surface area contributed by atoms with Crippen molar-refractivity contribution in [3.8, 4) is 0 Å². The Labute approximate surface area is 116 Å². The molecule has 1 aromatic rings. The van der Waals surface area contributed by atoms with E-state index >= 15 is 0 Å². The summed E-state index contributed by atoms with van der Waals surface area (Å²) in [6, 6.07) is 4.03. The van der Waals surface area contributed by atoms with Gasteiger partial charge in [-0.2, -0.15) is 0 Å². The molecule has 1 unspecified atom stereocenters. The number of nitrogens with zero attached hydrogens (tertiary/aromatic N) is 1. The van der Waals surface area contributed by atoms with E-state index < -0.39 is 6.10 Å². The zero-order valence-corrected chi connectivity index (χ0v) is 11.7. The van der Waals surface area contributed by atoms with Crippen LogP contribution in [0.5, 0.6) is 0 Å². The predicted octanol–water partition coefficient (Wildman–Crippen LogP) is 2.28. The highest BCUT2D eigenvalue weighted by Gasteiger charge is 2.15. The molecule has 0 bridgehead atoms. The first kappa shape index (κ1) is 13.6. The second-order valence-corrected chi connectivity index (χ2v) is 6.26. The van der Waals surface area contributed by atoms with Crippen LogP contribution in [-0.4, -0.2) is 23.7 Å². The van der Waals surface area contributed by atoms with Gasteiger partial charge in [0.2, 0.25) is 0 Å².